The highest BCUT2D eigenvalue weighted by Gasteiger charge is 2.20. The van der Waals surface area contributed by atoms with Crippen LogP contribution in [-0.2, 0) is 11.3 Å². The highest BCUT2D eigenvalue weighted by atomic mass is 35.5. The lowest BCUT2D eigenvalue weighted by Gasteiger charge is -2.16. The molecule has 0 aliphatic rings. The number of aromatic nitrogens is 4. The number of amides is 1. The largest absolute Gasteiger partial charge is 0.483 e. The molecule has 0 bridgehead atoms. The highest BCUT2D eigenvalue weighted by molar-refractivity contribution is 7.99. The number of thiazole rings is 1. The summed E-state index contributed by atoms with van der Waals surface area (Å²) < 4.78 is 7.97. The maximum Gasteiger partial charge on any atom is 0.236 e. The third-order valence-corrected chi connectivity index (χ3v) is 7.29. The molecule has 1 amide bonds. The molecular weight excluding hydrogens is 537 g/mol. The molecule has 0 saturated carbocycles. The second-order valence-corrected chi connectivity index (χ2v) is 10.5. The van der Waals surface area contributed by atoms with Crippen molar-refractivity contribution in [1.29, 1.82) is 0 Å². The second kappa shape index (κ2) is 11.9. The van der Waals surface area contributed by atoms with E-state index < -0.39 is 0 Å². The molecule has 0 aliphatic carbocycles. The zero-order chi connectivity index (χ0) is 25.7. The van der Waals surface area contributed by atoms with Crippen molar-refractivity contribution in [2.75, 3.05) is 11.1 Å². The predicted octanol–water partition coefficient (Wildman–Crippen LogP) is 7.07. The first-order valence-electron chi connectivity index (χ1n) is 10.9. The summed E-state index contributed by atoms with van der Waals surface area (Å²) in [6.07, 6.45) is 1.42. The number of rotatable bonds is 10. The van der Waals surface area contributed by atoms with Gasteiger partial charge in [-0.3, -0.25) is 9.36 Å². The van der Waals surface area contributed by atoms with Crippen molar-refractivity contribution in [2.45, 2.75) is 31.7 Å². The zero-order valence-corrected chi connectivity index (χ0v) is 22.7. The van der Waals surface area contributed by atoms with Crippen LogP contribution in [0, 0.1) is 6.92 Å². The van der Waals surface area contributed by atoms with Gasteiger partial charge in [-0.05, 0) is 49.7 Å². The molecule has 0 fully saturated rings. The molecule has 2 aromatic heterocycles. The van der Waals surface area contributed by atoms with Gasteiger partial charge in [0.25, 0.3) is 0 Å². The summed E-state index contributed by atoms with van der Waals surface area (Å²) in [6, 6.07) is 13.0. The van der Waals surface area contributed by atoms with E-state index >= 15 is 0 Å². The Balaban J connectivity index is 1.39. The van der Waals surface area contributed by atoms with E-state index in [-0.39, 0.29) is 17.8 Å². The molecule has 4 aromatic rings. The maximum atomic E-state index is 12.6. The minimum Gasteiger partial charge on any atom is -0.483 e. The normalized spacial score (nSPS) is 11.8. The lowest BCUT2D eigenvalue weighted by Crippen LogP contribution is -2.15. The molecule has 1 N–H and O–H groups in total. The Bertz CT molecular complexity index is 1390. The molecule has 186 valence electrons. The number of allylic oxidation sites excluding steroid dienone is 1. The SMILES string of the molecule is C=CCn1c(SCC(=O)Nc2nc(-c3ccc(Cl)cc3Cl)cs2)nnc1C(C)Oc1cccc(C)c1. The Hall–Kier alpha value is -2.85. The van der Waals surface area contributed by atoms with Crippen LogP contribution in [0.5, 0.6) is 5.75 Å². The molecule has 1 atom stereocenters. The van der Waals surface area contributed by atoms with Gasteiger partial charge in [-0.2, -0.15) is 0 Å². The van der Waals surface area contributed by atoms with Gasteiger partial charge in [0.15, 0.2) is 22.2 Å². The quantitative estimate of drug-likeness (QED) is 0.165. The van der Waals surface area contributed by atoms with Crippen LogP contribution in [0.15, 0.2) is 65.7 Å². The number of ether oxygens (including phenoxy) is 1. The molecule has 2 aromatic carbocycles. The second-order valence-electron chi connectivity index (χ2n) is 7.82. The number of hydrogen-bond acceptors (Lipinski definition) is 7. The molecule has 1 unspecified atom stereocenters. The number of benzene rings is 2. The standard InChI is InChI=1S/C25H23Cl2N5O2S2/c1-4-10-32-23(16(3)34-18-7-5-6-15(2)11-18)30-31-25(32)36-14-22(33)29-24-28-21(13-35-24)19-9-8-17(26)12-20(19)27/h4-9,11-13,16H,1,10,14H2,2-3H3,(H,28,29,33). The molecule has 0 aliphatic heterocycles. The van der Waals surface area contributed by atoms with Gasteiger partial charge in [-0.25, -0.2) is 4.98 Å². The van der Waals surface area contributed by atoms with Crippen molar-refractivity contribution in [2.24, 2.45) is 0 Å². The summed E-state index contributed by atoms with van der Waals surface area (Å²) in [4.78, 5) is 17.1. The Morgan fingerprint density at radius 2 is 2.11 bits per heavy atom. The van der Waals surface area contributed by atoms with Crippen molar-refractivity contribution in [3.05, 3.63) is 81.9 Å². The Morgan fingerprint density at radius 1 is 1.28 bits per heavy atom. The summed E-state index contributed by atoms with van der Waals surface area (Å²) >= 11 is 14.8. The van der Waals surface area contributed by atoms with E-state index in [9.17, 15) is 4.79 Å². The number of nitrogens with one attached hydrogen (secondary N) is 1. The summed E-state index contributed by atoms with van der Waals surface area (Å²) in [5, 5.41) is 15.4. The fourth-order valence-corrected chi connectivity index (χ4v) is 5.38. The van der Waals surface area contributed by atoms with E-state index in [0.29, 0.717) is 38.4 Å². The van der Waals surface area contributed by atoms with Crippen LogP contribution in [0.4, 0.5) is 5.13 Å². The van der Waals surface area contributed by atoms with Gasteiger partial charge >= 0.3 is 0 Å². The molecule has 7 nitrogen and oxygen atoms in total. The Labute approximate surface area is 227 Å². The van der Waals surface area contributed by atoms with Gasteiger partial charge in [0, 0.05) is 22.5 Å². The molecule has 2 heterocycles. The summed E-state index contributed by atoms with van der Waals surface area (Å²) in [5.41, 5.74) is 2.53. The molecule has 0 spiro atoms. The van der Waals surface area contributed by atoms with E-state index in [2.05, 4.69) is 27.1 Å². The summed E-state index contributed by atoms with van der Waals surface area (Å²) in [5.74, 6) is 1.34. The number of carbonyl (C=O) groups excluding carboxylic acids is 1. The van der Waals surface area contributed by atoms with Gasteiger partial charge < -0.3 is 10.1 Å². The van der Waals surface area contributed by atoms with Crippen LogP contribution in [-0.4, -0.2) is 31.4 Å². The topological polar surface area (TPSA) is 81.9 Å². The van der Waals surface area contributed by atoms with E-state index in [1.165, 1.54) is 23.1 Å². The first kappa shape index (κ1) is 26.2. The lowest BCUT2D eigenvalue weighted by atomic mass is 10.2. The third-order valence-electron chi connectivity index (χ3n) is 5.01. The van der Waals surface area contributed by atoms with Crippen LogP contribution in [0.25, 0.3) is 11.3 Å². The number of anilines is 1. The number of thioether (sulfide) groups is 1. The molecule has 11 heteroatoms. The number of aryl methyl sites for hydroxylation is 1. The highest BCUT2D eigenvalue weighted by Crippen LogP contribution is 2.32. The molecule has 36 heavy (non-hydrogen) atoms. The van der Waals surface area contributed by atoms with Gasteiger partial charge in [-0.1, -0.05) is 53.2 Å². The van der Waals surface area contributed by atoms with Crippen LogP contribution >= 0.6 is 46.3 Å². The number of hydrogen-bond donors (Lipinski definition) is 1. The monoisotopic (exact) mass is 559 g/mol. The van der Waals surface area contributed by atoms with Gasteiger partial charge in [0.1, 0.15) is 5.75 Å². The van der Waals surface area contributed by atoms with Crippen LogP contribution in [0.2, 0.25) is 10.0 Å². The van der Waals surface area contributed by atoms with Crippen molar-refractivity contribution >= 4 is 57.3 Å². The molecule has 0 radical (unpaired) electrons. The van der Waals surface area contributed by atoms with E-state index in [1.807, 2.05) is 48.1 Å². The smallest absolute Gasteiger partial charge is 0.236 e. The van der Waals surface area contributed by atoms with Crippen LogP contribution in [0.3, 0.4) is 0 Å². The molecule has 0 saturated heterocycles. The van der Waals surface area contributed by atoms with Gasteiger partial charge in [0.2, 0.25) is 5.91 Å². The number of halogens is 2. The lowest BCUT2D eigenvalue weighted by molar-refractivity contribution is -0.113. The fraction of sp³-hybridized carbons (Fsp3) is 0.200. The van der Waals surface area contributed by atoms with Crippen molar-refractivity contribution in [3.8, 4) is 17.0 Å². The van der Waals surface area contributed by atoms with Crippen LogP contribution < -0.4 is 10.1 Å². The van der Waals surface area contributed by atoms with E-state index in [0.717, 1.165) is 16.9 Å². The van der Waals surface area contributed by atoms with E-state index in [1.54, 1.807) is 24.3 Å². The minimum absolute atomic E-state index is 0.138. The Kier molecular flexibility index (Phi) is 8.68. The molecular formula is C25H23Cl2N5O2S2. The molecule has 4 rings (SSSR count). The van der Waals surface area contributed by atoms with E-state index in [4.69, 9.17) is 27.9 Å². The average molecular weight is 561 g/mol. The summed E-state index contributed by atoms with van der Waals surface area (Å²) in [6.45, 7) is 8.25. The minimum atomic E-state index is -0.337. The van der Waals surface area contributed by atoms with Crippen molar-refractivity contribution in [3.63, 3.8) is 0 Å². The maximum absolute atomic E-state index is 12.6. The van der Waals surface area contributed by atoms with Crippen molar-refractivity contribution < 1.29 is 9.53 Å². The third kappa shape index (κ3) is 6.47. The van der Waals surface area contributed by atoms with Crippen molar-refractivity contribution in [1.82, 2.24) is 19.7 Å². The van der Waals surface area contributed by atoms with Gasteiger partial charge in [-0.15, -0.1) is 28.1 Å². The predicted molar refractivity (Wildman–Crippen MR) is 147 cm³/mol. The fourth-order valence-electron chi connectivity index (χ4n) is 3.39. The first-order valence-corrected chi connectivity index (χ1v) is 13.6. The summed E-state index contributed by atoms with van der Waals surface area (Å²) in [7, 11) is 0. The van der Waals surface area contributed by atoms with Crippen LogP contribution in [0.1, 0.15) is 24.4 Å². The first-order chi connectivity index (χ1) is 17.3. The average Bonchev–Trinajstić information content (AvgIpc) is 3.45. The zero-order valence-electron chi connectivity index (χ0n) is 19.6. The Morgan fingerprint density at radius 3 is 2.86 bits per heavy atom. The number of nitrogens with zero attached hydrogens (tertiary/aromatic N) is 4. The number of carbonyl (C=O) groups is 1. The van der Waals surface area contributed by atoms with Gasteiger partial charge in [0.05, 0.1) is 16.5 Å².